The maximum Gasteiger partial charge on any atom is 0.0490 e. The molecule has 1 aromatic rings. The third kappa shape index (κ3) is 3.15. The van der Waals surface area contributed by atoms with E-state index in [9.17, 15) is 0 Å². The monoisotopic (exact) mass is 155 g/mol. The Morgan fingerprint density at radius 2 is 2.55 bits per heavy atom. The predicted molar refractivity (Wildman–Crippen MR) is 42.0 cm³/mol. The maximum atomic E-state index is 8.46. The Hall–Kier alpha value is -0.870. The van der Waals surface area contributed by atoms with Crippen LogP contribution in [0, 0.1) is 0 Å². The van der Waals surface area contributed by atoms with Gasteiger partial charge in [0.1, 0.15) is 0 Å². The van der Waals surface area contributed by atoms with Gasteiger partial charge in [-0.25, -0.2) is 0 Å². The topological polar surface area (TPSA) is 60.9 Å². The fourth-order valence-electron chi connectivity index (χ4n) is 0.810. The van der Waals surface area contributed by atoms with E-state index in [0.29, 0.717) is 0 Å². The molecule has 1 rings (SSSR count). The summed E-state index contributed by atoms with van der Waals surface area (Å²) in [6.45, 7) is 1.88. The van der Waals surface area contributed by atoms with E-state index in [-0.39, 0.29) is 6.61 Å². The molecule has 0 amide bonds. The number of aliphatic hydroxyl groups is 1. The zero-order chi connectivity index (χ0) is 7.94. The van der Waals surface area contributed by atoms with Crippen molar-refractivity contribution < 1.29 is 5.11 Å². The highest BCUT2D eigenvalue weighted by molar-refractivity contribution is 4.96. The van der Waals surface area contributed by atoms with Gasteiger partial charge in [0.05, 0.1) is 0 Å². The van der Waals surface area contributed by atoms with Crippen molar-refractivity contribution in [1.29, 1.82) is 0 Å². The van der Waals surface area contributed by atoms with Crippen molar-refractivity contribution in [1.82, 2.24) is 15.5 Å². The molecule has 1 aromatic heterocycles. The number of nitrogens with zero attached hydrogens (tertiary/aromatic N) is 1. The smallest absolute Gasteiger partial charge is 0.0490 e. The first kappa shape index (κ1) is 8.23. The van der Waals surface area contributed by atoms with Crippen molar-refractivity contribution in [2.45, 2.75) is 13.0 Å². The summed E-state index contributed by atoms with van der Waals surface area (Å²) in [5.74, 6) is 0. The lowest BCUT2D eigenvalue weighted by atomic mass is 10.4. The molecular weight excluding hydrogens is 142 g/mol. The average molecular weight is 155 g/mol. The molecular formula is C7H13N3O. The number of rotatable bonds is 5. The molecule has 0 saturated heterocycles. The molecule has 0 radical (unpaired) electrons. The lowest BCUT2D eigenvalue weighted by Gasteiger charge is -1.99. The van der Waals surface area contributed by atoms with Crippen LogP contribution in [0.2, 0.25) is 0 Å². The SMILES string of the molecule is OCCCNCc1ccn[nH]1. The number of hydrogen-bond donors (Lipinski definition) is 3. The first-order valence-electron chi connectivity index (χ1n) is 3.73. The van der Waals surface area contributed by atoms with E-state index in [2.05, 4.69) is 15.5 Å². The van der Waals surface area contributed by atoms with Gasteiger partial charge in [0.15, 0.2) is 0 Å². The first-order valence-corrected chi connectivity index (χ1v) is 3.73. The van der Waals surface area contributed by atoms with Gasteiger partial charge in [0, 0.05) is 25.0 Å². The minimum atomic E-state index is 0.246. The van der Waals surface area contributed by atoms with Gasteiger partial charge in [-0.3, -0.25) is 5.10 Å². The zero-order valence-corrected chi connectivity index (χ0v) is 6.38. The lowest BCUT2D eigenvalue weighted by molar-refractivity contribution is 0.286. The molecule has 0 bridgehead atoms. The number of H-pyrrole nitrogens is 1. The summed E-state index contributed by atoms with van der Waals surface area (Å²) in [5, 5.41) is 18.3. The Kier molecular flexibility index (Phi) is 3.64. The quantitative estimate of drug-likeness (QED) is 0.519. The normalized spacial score (nSPS) is 10.3. The molecule has 4 heteroatoms. The number of nitrogens with one attached hydrogen (secondary N) is 2. The van der Waals surface area contributed by atoms with E-state index in [1.165, 1.54) is 0 Å². The van der Waals surface area contributed by atoms with Crippen LogP contribution >= 0.6 is 0 Å². The van der Waals surface area contributed by atoms with E-state index in [0.717, 1.165) is 25.2 Å². The van der Waals surface area contributed by atoms with Gasteiger partial charge < -0.3 is 10.4 Å². The summed E-state index contributed by atoms with van der Waals surface area (Å²) in [4.78, 5) is 0. The van der Waals surface area contributed by atoms with Gasteiger partial charge in [-0.1, -0.05) is 0 Å². The molecule has 1 heterocycles. The van der Waals surface area contributed by atoms with E-state index in [1.807, 2.05) is 6.07 Å². The summed E-state index contributed by atoms with van der Waals surface area (Å²) in [6, 6.07) is 1.92. The van der Waals surface area contributed by atoms with Crippen molar-refractivity contribution in [3.63, 3.8) is 0 Å². The third-order valence-corrected chi connectivity index (χ3v) is 1.39. The van der Waals surface area contributed by atoms with Crippen molar-refractivity contribution >= 4 is 0 Å². The van der Waals surface area contributed by atoms with Crippen molar-refractivity contribution in [2.24, 2.45) is 0 Å². The molecule has 0 spiro atoms. The highest BCUT2D eigenvalue weighted by Gasteiger charge is 1.90. The van der Waals surface area contributed by atoms with Crippen LogP contribution < -0.4 is 5.32 Å². The fraction of sp³-hybridized carbons (Fsp3) is 0.571. The minimum Gasteiger partial charge on any atom is -0.396 e. The molecule has 4 nitrogen and oxygen atoms in total. The molecule has 0 saturated carbocycles. The van der Waals surface area contributed by atoms with Gasteiger partial charge in [0.25, 0.3) is 0 Å². The van der Waals surface area contributed by atoms with E-state index < -0.39 is 0 Å². The van der Waals surface area contributed by atoms with Crippen LogP contribution in [-0.2, 0) is 6.54 Å². The fourth-order valence-corrected chi connectivity index (χ4v) is 0.810. The third-order valence-electron chi connectivity index (χ3n) is 1.39. The zero-order valence-electron chi connectivity index (χ0n) is 6.38. The van der Waals surface area contributed by atoms with Crippen LogP contribution in [0.4, 0.5) is 0 Å². The highest BCUT2D eigenvalue weighted by Crippen LogP contribution is 1.89. The molecule has 0 fully saturated rings. The average Bonchev–Trinajstić information content (AvgIpc) is 2.50. The Balaban J connectivity index is 2.04. The van der Waals surface area contributed by atoms with E-state index in [4.69, 9.17) is 5.11 Å². The molecule has 11 heavy (non-hydrogen) atoms. The number of hydrogen-bond acceptors (Lipinski definition) is 3. The van der Waals surface area contributed by atoms with Crippen LogP contribution in [0.5, 0.6) is 0 Å². The Labute approximate surface area is 65.6 Å². The van der Waals surface area contributed by atoms with Gasteiger partial charge in [-0.15, -0.1) is 0 Å². The summed E-state index contributed by atoms with van der Waals surface area (Å²) < 4.78 is 0. The summed E-state index contributed by atoms with van der Waals surface area (Å²) in [6.07, 6.45) is 2.52. The van der Waals surface area contributed by atoms with Crippen molar-refractivity contribution in [2.75, 3.05) is 13.2 Å². The van der Waals surface area contributed by atoms with Crippen LogP contribution in [0.1, 0.15) is 12.1 Å². The van der Waals surface area contributed by atoms with E-state index in [1.54, 1.807) is 6.20 Å². The van der Waals surface area contributed by atoms with Crippen molar-refractivity contribution in [3.8, 4) is 0 Å². The Morgan fingerprint density at radius 3 is 3.18 bits per heavy atom. The molecule has 0 aromatic carbocycles. The summed E-state index contributed by atoms with van der Waals surface area (Å²) >= 11 is 0. The molecule has 0 aliphatic heterocycles. The molecule has 62 valence electrons. The van der Waals surface area contributed by atoms with Crippen LogP contribution in [-0.4, -0.2) is 28.5 Å². The van der Waals surface area contributed by atoms with Gasteiger partial charge in [-0.05, 0) is 19.0 Å². The van der Waals surface area contributed by atoms with Crippen LogP contribution in [0.15, 0.2) is 12.3 Å². The second-order valence-electron chi connectivity index (χ2n) is 2.34. The van der Waals surface area contributed by atoms with E-state index >= 15 is 0 Å². The molecule has 0 unspecified atom stereocenters. The summed E-state index contributed by atoms with van der Waals surface area (Å²) in [5.41, 5.74) is 1.07. The summed E-state index contributed by atoms with van der Waals surface area (Å²) in [7, 11) is 0. The number of aromatic nitrogens is 2. The largest absolute Gasteiger partial charge is 0.396 e. The molecule has 3 N–H and O–H groups in total. The molecule has 0 aliphatic carbocycles. The molecule has 0 atom stereocenters. The van der Waals surface area contributed by atoms with Gasteiger partial charge in [-0.2, -0.15) is 5.10 Å². The maximum absolute atomic E-state index is 8.46. The van der Waals surface area contributed by atoms with Crippen LogP contribution in [0.3, 0.4) is 0 Å². The van der Waals surface area contributed by atoms with Gasteiger partial charge >= 0.3 is 0 Å². The number of aromatic amines is 1. The minimum absolute atomic E-state index is 0.246. The van der Waals surface area contributed by atoms with Crippen molar-refractivity contribution in [3.05, 3.63) is 18.0 Å². The second-order valence-corrected chi connectivity index (χ2v) is 2.34. The lowest BCUT2D eigenvalue weighted by Crippen LogP contribution is -2.15. The highest BCUT2D eigenvalue weighted by atomic mass is 16.3. The Morgan fingerprint density at radius 1 is 1.64 bits per heavy atom. The van der Waals surface area contributed by atoms with Crippen LogP contribution in [0.25, 0.3) is 0 Å². The molecule has 0 aliphatic rings. The second kappa shape index (κ2) is 4.87. The first-order chi connectivity index (χ1) is 5.43. The predicted octanol–water partition coefficient (Wildman–Crippen LogP) is -0.118. The standard InChI is InChI=1S/C7H13N3O/c11-5-1-3-8-6-7-2-4-9-10-7/h2,4,8,11H,1,3,5-6H2,(H,9,10). The Bertz CT molecular complexity index is 174. The number of aliphatic hydroxyl groups excluding tert-OH is 1. The van der Waals surface area contributed by atoms with Gasteiger partial charge in [0.2, 0.25) is 0 Å².